The van der Waals surface area contributed by atoms with Gasteiger partial charge in [-0.1, -0.05) is 19.1 Å². The highest BCUT2D eigenvalue weighted by molar-refractivity contribution is 7.89. The number of carbonyl (C=O) groups excluding carboxylic acids is 1. The number of likely N-dealkylation sites (N-methyl/N-ethyl adjacent to an activating group) is 1. The molecule has 12 heteroatoms. The summed E-state index contributed by atoms with van der Waals surface area (Å²) >= 11 is 0. The fourth-order valence-electron chi connectivity index (χ4n) is 3.66. The van der Waals surface area contributed by atoms with Crippen molar-refractivity contribution in [1.29, 1.82) is 0 Å². The summed E-state index contributed by atoms with van der Waals surface area (Å²) in [5, 5.41) is 2.70. The van der Waals surface area contributed by atoms with Gasteiger partial charge < -0.3 is 14.8 Å². The predicted octanol–water partition coefficient (Wildman–Crippen LogP) is 1.35. The van der Waals surface area contributed by atoms with Crippen LogP contribution in [0.5, 0.6) is 5.75 Å². The summed E-state index contributed by atoms with van der Waals surface area (Å²) in [5.41, 5.74) is 1.36. The van der Waals surface area contributed by atoms with Gasteiger partial charge in [0.2, 0.25) is 26.0 Å². The zero-order valence-corrected chi connectivity index (χ0v) is 21.7. The smallest absolute Gasteiger partial charge is 0.243 e. The first-order valence-corrected chi connectivity index (χ1v) is 14.1. The lowest BCUT2D eigenvalue weighted by Crippen LogP contribution is -2.40. The maximum Gasteiger partial charge on any atom is 0.243 e. The number of ether oxygens (including phenoxy) is 2. The van der Waals surface area contributed by atoms with Crippen molar-refractivity contribution >= 4 is 26.0 Å². The van der Waals surface area contributed by atoms with E-state index < -0.39 is 26.0 Å². The van der Waals surface area contributed by atoms with Crippen LogP contribution in [0.1, 0.15) is 18.1 Å². The Labute approximate surface area is 206 Å². The Morgan fingerprint density at radius 1 is 1.06 bits per heavy atom. The zero-order chi connectivity index (χ0) is 25.6. The maximum atomic E-state index is 13.0. The van der Waals surface area contributed by atoms with Crippen LogP contribution in [0.3, 0.4) is 0 Å². The molecule has 1 amide bonds. The van der Waals surface area contributed by atoms with Gasteiger partial charge in [-0.2, -0.15) is 8.61 Å². The first-order valence-electron chi connectivity index (χ1n) is 11.2. The SMILES string of the molecule is CCN(CC(=O)NCc1ccc(S(=O)(=O)N2CCOCC2)cc1)S(=O)(=O)c1ccc(OC)c(C)c1. The Bertz CT molecular complexity index is 1240. The van der Waals surface area contributed by atoms with Crippen LogP contribution in [0.2, 0.25) is 0 Å². The summed E-state index contributed by atoms with van der Waals surface area (Å²) in [6, 6.07) is 10.8. The van der Waals surface area contributed by atoms with Crippen molar-refractivity contribution in [2.45, 2.75) is 30.2 Å². The van der Waals surface area contributed by atoms with Crippen LogP contribution >= 0.6 is 0 Å². The minimum absolute atomic E-state index is 0.0857. The molecule has 35 heavy (non-hydrogen) atoms. The molecule has 1 heterocycles. The van der Waals surface area contributed by atoms with Gasteiger partial charge in [0.25, 0.3) is 0 Å². The van der Waals surface area contributed by atoms with E-state index in [0.717, 1.165) is 4.31 Å². The summed E-state index contributed by atoms with van der Waals surface area (Å²) in [7, 11) is -5.96. The first kappa shape index (κ1) is 27.1. The first-order chi connectivity index (χ1) is 16.6. The van der Waals surface area contributed by atoms with E-state index in [1.807, 2.05) is 0 Å². The molecule has 0 aromatic heterocycles. The molecule has 0 spiro atoms. The Hall–Kier alpha value is -2.51. The quantitative estimate of drug-likeness (QED) is 0.497. The number of aryl methyl sites for hydroxylation is 1. The van der Waals surface area contributed by atoms with Crippen molar-refractivity contribution < 1.29 is 31.1 Å². The van der Waals surface area contributed by atoms with Gasteiger partial charge in [-0.3, -0.25) is 4.79 Å². The van der Waals surface area contributed by atoms with Crippen LogP contribution in [0.25, 0.3) is 0 Å². The summed E-state index contributed by atoms with van der Waals surface area (Å²) in [6.45, 7) is 4.68. The van der Waals surface area contributed by atoms with E-state index in [0.29, 0.717) is 43.2 Å². The number of nitrogens with zero attached hydrogens (tertiary/aromatic N) is 2. The second-order valence-corrected chi connectivity index (χ2v) is 11.9. The second-order valence-electron chi connectivity index (χ2n) is 8.00. The number of carbonyl (C=O) groups is 1. The van der Waals surface area contributed by atoms with E-state index in [2.05, 4.69) is 5.32 Å². The van der Waals surface area contributed by atoms with Crippen molar-refractivity contribution in [3.05, 3.63) is 53.6 Å². The molecule has 0 radical (unpaired) electrons. The molecule has 2 aromatic rings. The van der Waals surface area contributed by atoms with E-state index >= 15 is 0 Å². The number of methoxy groups -OCH3 is 1. The van der Waals surface area contributed by atoms with E-state index in [-0.39, 0.29) is 29.4 Å². The molecule has 1 fully saturated rings. The van der Waals surface area contributed by atoms with E-state index in [1.54, 1.807) is 32.0 Å². The molecular formula is C23H31N3O7S2. The lowest BCUT2D eigenvalue weighted by molar-refractivity contribution is -0.121. The highest BCUT2D eigenvalue weighted by atomic mass is 32.2. The van der Waals surface area contributed by atoms with Gasteiger partial charge in [-0.25, -0.2) is 16.8 Å². The molecule has 0 atom stereocenters. The predicted molar refractivity (Wildman–Crippen MR) is 130 cm³/mol. The van der Waals surface area contributed by atoms with Crippen molar-refractivity contribution in [3.63, 3.8) is 0 Å². The molecule has 1 N–H and O–H groups in total. The molecule has 3 rings (SSSR count). The van der Waals surface area contributed by atoms with Crippen molar-refractivity contribution in [2.24, 2.45) is 0 Å². The Morgan fingerprint density at radius 2 is 1.69 bits per heavy atom. The number of rotatable bonds is 10. The monoisotopic (exact) mass is 525 g/mol. The minimum Gasteiger partial charge on any atom is -0.496 e. The lowest BCUT2D eigenvalue weighted by atomic mass is 10.2. The van der Waals surface area contributed by atoms with Crippen LogP contribution in [0, 0.1) is 6.92 Å². The van der Waals surface area contributed by atoms with Crippen LogP contribution in [-0.2, 0) is 36.1 Å². The molecule has 2 aromatic carbocycles. The van der Waals surface area contributed by atoms with Crippen molar-refractivity contribution in [2.75, 3.05) is 46.5 Å². The Morgan fingerprint density at radius 3 is 2.26 bits per heavy atom. The summed E-state index contributed by atoms with van der Waals surface area (Å²) in [5.74, 6) is 0.110. The molecular weight excluding hydrogens is 494 g/mol. The molecule has 0 bridgehead atoms. The number of amides is 1. The molecule has 192 valence electrons. The molecule has 0 saturated carbocycles. The molecule has 0 unspecified atom stereocenters. The number of hydrogen-bond donors (Lipinski definition) is 1. The van der Waals surface area contributed by atoms with Gasteiger partial charge in [-0.15, -0.1) is 0 Å². The van der Waals surface area contributed by atoms with E-state index in [9.17, 15) is 21.6 Å². The third-order valence-corrected chi connectivity index (χ3v) is 9.53. The topological polar surface area (TPSA) is 122 Å². The number of benzene rings is 2. The highest BCUT2D eigenvalue weighted by Gasteiger charge is 2.27. The van der Waals surface area contributed by atoms with Gasteiger partial charge in [-0.05, 0) is 48.4 Å². The Kier molecular flexibility index (Phi) is 8.89. The van der Waals surface area contributed by atoms with Crippen molar-refractivity contribution in [3.8, 4) is 5.75 Å². The van der Waals surface area contributed by atoms with E-state index in [1.165, 1.54) is 35.7 Å². The van der Waals surface area contributed by atoms with Crippen LogP contribution < -0.4 is 10.1 Å². The normalized spacial score (nSPS) is 15.2. The van der Waals surface area contributed by atoms with Crippen LogP contribution in [0.4, 0.5) is 0 Å². The molecule has 1 saturated heterocycles. The highest BCUT2D eigenvalue weighted by Crippen LogP contribution is 2.23. The minimum atomic E-state index is -3.87. The third-order valence-electron chi connectivity index (χ3n) is 5.70. The average molecular weight is 526 g/mol. The fourth-order valence-corrected chi connectivity index (χ4v) is 6.56. The van der Waals surface area contributed by atoms with Crippen molar-refractivity contribution in [1.82, 2.24) is 13.9 Å². The zero-order valence-electron chi connectivity index (χ0n) is 20.1. The number of morpholine rings is 1. The lowest BCUT2D eigenvalue weighted by Gasteiger charge is -2.26. The van der Waals surface area contributed by atoms with Gasteiger partial charge in [0.1, 0.15) is 5.75 Å². The second kappa shape index (κ2) is 11.5. The average Bonchev–Trinajstić information content (AvgIpc) is 2.86. The van der Waals surface area contributed by atoms with Crippen LogP contribution in [-0.4, -0.2) is 77.9 Å². The number of sulfonamides is 2. The molecule has 10 nitrogen and oxygen atoms in total. The summed E-state index contributed by atoms with van der Waals surface area (Å²) in [6.07, 6.45) is 0. The van der Waals surface area contributed by atoms with E-state index in [4.69, 9.17) is 9.47 Å². The third kappa shape index (κ3) is 6.39. The summed E-state index contributed by atoms with van der Waals surface area (Å²) in [4.78, 5) is 12.8. The van der Waals surface area contributed by atoms with Gasteiger partial charge in [0.15, 0.2) is 0 Å². The number of nitrogens with one attached hydrogen (secondary N) is 1. The maximum absolute atomic E-state index is 13.0. The van der Waals surface area contributed by atoms with Gasteiger partial charge >= 0.3 is 0 Å². The fraction of sp³-hybridized carbons (Fsp3) is 0.435. The number of hydrogen-bond acceptors (Lipinski definition) is 7. The molecule has 0 aliphatic carbocycles. The largest absolute Gasteiger partial charge is 0.496 e. The van der Waals surface area contributed by atoms with Gasteiger partial charge in [0.05, 0.1) is 36.7 Å². The van der Waals surface area contributed by atoms with Crippen LogP contribution in [0.15, 0.2) is 52.3 Å². The Balaban J connectivity index is 1.61. The van der Waals surface area contributed by atoms with Gasteiger partial charge in [0, 0.05) is 26.2 Å². The molecule has 1 aliphatic heterocycles. The molecule has 1 aliphatic rings. The standard InChI is InChI=1S/C23H31N3O7S2/c1-4-25(35(30,31)21-9-10-22(32-3)18(2)15-21)17-23(27)24-16-19-5-7-20(8-6-19)34(28,29)26-11-13-33-14-12-26/h5-10,15H,4,11-14,16-17H2,1-3H3,(H,24,27). The summed E-state index contributed by atoms with van der Waals surface area (Å²) < 4.78 is 64.4.